The molecule has 112 valence electrons. The van der Waals surface area contributed by atoms with Crippen molar-refractivity contribution >= 4 is 56.5 Å². The zero-order valence-corrected chi connectivity index (χ0v) is 13.5. The van der Waals surface area contributed by atoms with E-state index in [0.717, 1.165) is 27.1 Å². The van der Waals surface area contributed by atoms with E-state index in [2.05, 4.69) is 9.98 Å². The van der Waals surface area contributed by atoms with Crippen LogP contribution in [0.4, 0.5) is 5.69 Å². The first kappa shape index (κ1) is 14.3. The number of hydrogen-bond donors (Lipinski definition) is 1. The standard InChI is InChI=1S/C17H11N3OS2/c18-15-17(10-21,9-19-11-5-1-3-7-13(11)22-15)16-20-12-6-2-4-8-14(12)23-16/h1-10,18H. The first-order valence-corrected chi connectivity index (χ1v) is 8.60. The summed E-state index contributed by atoms with van der Waals surface area (Å²) in [7, 11) is 0. The molecule has 0 spiro atoms. The molecule has 1 aliphatic heterocycles. The SMILES string of the molecule is N=C1Sc2ccccc2N=CC1(C=O)c1nc2ccccc2s1. The van der Waals surface area contributed by atoms with Crippen LogP contribution in [0.2, 0.25) is 0 Å². The predicted molar refractivity (Wildman–Crippen MR) is 95.5 cm³/mol. The van der Waals surface area contributed by atoms with E-state index in [1.54, 1.807) is 6.21 Å². The number of aromatic nitrogens is 1. The van der Waals surface area contributed by atoms with Crippen LogP contribution >= 0.6 is 23.1 Å². The van der Waals surface area contributed by atoms with Gasteiger partial charge in [-0.15, -0.1) is 11.3 Å². The Morgan fingerprint density at radius 1 is 1.09 bits per heavy atom. The Labute approximate surface area is 140 Å². The molecule has 0 saturated heterocycles. The monoisotopic (exact) mass is 337 g/mol. The molecule has 23 heavy (non-hydrogen) atoms. The number of nitrogens with zero attached hydrogens (tertiary/aromatic N) is 2. The van der Waals surface area contributed by atoms with Crippen LogP contribution in [0, 0.1) is 5.41 Å². The van der Waals surface area contributed by atoms with E-state index in [1.807, 2.05) is 48.5 Å². The van der Waals surface area contributed by atoms with E-state index in [9.17, 15) is 4.79 Å². The van der Waals surface area contributed by atoms with Gasteiger partial charge in [0.15, 0.2) is 5.41 Å². The van der Waals surface area contributed by atoms with Gasteiger partial charge in [0, 0.05) is 11.1 Å². The predicted octanol–water partition coefficient (Wildman–Crippen LogP) is 4.22. The Morgan fingerprint density at radius 3 is 2.70 bits per heavy atom. The smallest absolute Gasteiger partial charge is 0.160 e. The van der Waals surface area contributed by atoms with Gasteiger partial charge in [-0.05, 0) is 24.3 Å². The Bertz CT molecular complexity index is 930. The maximum atomic E-state index is 12.0. The lowest BCUT2D eigenvalue weighted by Gasteiger charge is -2.19. The third kappa shape index (κ3) is 2.22. The van der Waals surface area contributed by atoms with Crippen molar-refractivity contribution in [2.45, 2.75) is 10.3 Å². The number of nitrogens with one attached hydrogen (secondary N) is 1. The highest BCUT2D eigenvalue weighted by molar-refractivity contribution is 8.14. The van der Waals surface area contributed by atoms with Crippen molar-refractivity contribution in [1.82, 2.24) is 4.98 Å². The van der Waals surface area contributed by atoms with Crippen molar-refractivity contribution in [1.29, 1.82) is 5.41 Å². The number of carbonyl (C=O) groups is 1. The van der Waals surface area contributed by atoms with E-state index in [0.29, 0.717) is 5.01 Å². The van der Waals surface area contributed by atoms with Gasteiger partial charge in [-0.1, -0.05) is 36.0 Å². The van der Waals surface area contributed by atoms with E-state index >= 15 is 0 Å². The average Bonchev–Trinajstić information content (AvgIpc) is 2.95. The molecule has 4 nitrogen and oxygen atoms in total. The van der Waals surface area contributed by atoms with Crippen LogP contribution in [0.15, 0.2) is 58.4 Å². The third-order valence-electron chi connectivity index (χ3n) is 3.69. The molecule has 2 aromatic carbocycles. The summed E-state index contributed by atoms with van der Waals surface area (Å²) in [5.41, 5.74) is 0.390. The molecule has 0 radical (unpaired) electrons. The van der Waals surface area contributed by atoms with Gasteiger partial charge >= 0.3 is 0 Å². The number of thioether (sulfide) groups is 1. The lowest BCUT2D eigenvalue weighted by atomic mass is 9.93. The van der Waals surface area contributed by atoms with Gasteiger partial charge in [-0.2, -0.15) is 0 Å². The summed E-state index contributed by atoms with van der Waals surface area (Å²) in [4.78, 5) is 21.9. The van der Waals surface area contributed by atoms with Gasteiger partial charge < -0.3 is 4.79 Å². The quantitative estimate of drug-likeness (QED) is 0.712. The number of aliphatic imine (C=N–C) groups is 1. The molecule has 0 amide bonds. The fourth-order valence-electron chi connectivity index (χ4n) is 2.41. The molecular weight excluding hydrogens is 326 g/mol. The van der Waals surface area contributed by atoms with Crippen LogP contribution in [0.5, 0.6) is 0 Å². The summed E-state index contributed by atoms with van der Waals surface area (Å²) < 4.78 is 0.997. The van der Waals surface area contributed by atoms with E-state index < -0.39 is 5.41 Å². The number of rotatable bonds is 2. The Balaban J connectivity index is 1.90. The summed E-state index contributed by atoms with van der Waals surface area (Å²) in [6.45, 7) is 0. The van der Waals surface area contributed by atoms with Crippen LogP contribution in [0.25, 0.3) is 10.2 Å². The Morgan fingerprint density at radius 2 is 1.87 bits per heavy atom. The topological polar surface area (TPSA) is 66.2 Å². The second-order valence-corrected chi connectivity index (χ2v) is 7.21. The fraction of sp³-hybridized carbons (Fsp3) is 0.0588. The first-order valence-electron chi connectivity index (χ1n) is 6.96. The number of thiazole rings is 1. The number of carbonyl (C=O) groups excluding carboxylic acids is 1. The fourth-order valence-corrected chi connectivity index (χ4v) is 4.52. The summed E-state index contributed by atoms with van der Waals surface area (Å²) in [6, 6.07) is 15.3. The van der Waals surface area contributed by atoms with E-state index in [4.69, 9.17) is 5.41 Å². The van der Waals surface area contributed by atoms with Crippen LogP contribution in [-0.2, 0) is 10.2 Å². The van der Waals surface area contributed by atoms with Gasteiger partial charge in [0.05, 0.1) is 20.9 Å². The minimum absolute atomic E-state index is 0.222. The number of aldehydes is 1. The number of benzene rings is 2. The molecule has 1 aromatic heterocycles. The molecule has 0 fully saturated rings. The molecule has 0 saturated carbocycles. The first-order chi connectivity index (χ1) is 11.2. The second-order valence-electron chi connectivity index (χ2n) is 5.13. The van der Waals surface area contributed by atoms with Crippen molar-refractivity contribution < 1.29 is 4.79 Å². The number of fused-ring (bicyclic) bond motifs is 2. The van der Waals surface area contributed by atoms with Crippen LogP contribution in [0.3, 0.4) is 0 Å². The number of hydrogen-bond acceptors (Lipinski definition) is 6. The minimum atomic E-state index is -1.21. The third-order valence-corrected chi connectivity index (χ3v) is 5.99. The molecular formula is C17H11N3OS2. The largest absolute Gasteiger partial charge is 0.301 e. The highest BCUT2D eigenvalue weighted by atomic mass is 32.2. The van der Waals surface area contributed by atoms with Crippen molar-refractivity contribution in [2.24, 2.45) is 4.99 Å². The lowest BCUT2D eigenvalue weighted by Crippen LogP contribution is -2.36. The number of para-hydroxylation sites is 2. The van der Waals surface area contributed by atoms with Gasteiger partial charge in [0.2, 0.25) is 0 Å². The highest BCUT2D eigenvalue weighted by Gasteiger charge is 2.41. The van der Waals surface area contributed by atoms with Crippen LogP contribution < -0.4 is 0 Å². The molecule has 4 rings (SSSR count). The van der Waals surface area contributed by atoms with E-state index in [-0.39, 0.29) is 5.04 Å². The maximum Gasteiger partial charge on any atom is 0.160 e. The normalized spacial score (nSPS) is 20.3. The van der Waals surface area contributed by atoms with Gasteiger partial charge in [0.25, 0.3) is 0 Å². The van der Waals surface area contributed by atoms with E-state index in [1.165, 1.54) is 23.1 Å². The average molecular weight is 337 g/mol. The van der Waals surface area contributed by atoms with Crippen LogP contribution in [0.1, 0.15) is 5.01 Å². The van der Waals surface area contributed by atoms with Crippen molar-refractivity contribution in [3.8, 4) is 0 Å². The molecule has 1 N–H and O–H groups in total. The van der Waals surface area contributed by atoms with Crippen LogP contribution in [-0.4, -0.2) is 22.5 Å². The molecule has 0 bridgehead atoms. The molecule has 1 atom stereocenters. The molecule has 3 aromatic rings. The summed E-state index contributed by atoms with van der Waals surface area (Å²) in [6.07, 6.45) is 2.33. The highest BCUT2D eigenvalue weighted by Crippen LogP contribution is 2.41. The second kappa shape index (κ2) is 5.40. The van der Waals surface area contributed by atoms with Gasteiger partial charge in [0.1, 0.15) is 11.3 Å². The lowest BCUT2D eigenvalue weighted by molar-refractivity contribution is -0.108. The van der Waals surface area contributed by atoms with Gasteiger partial charge in [-0.25, -0.2) is 4.98 Å². The van der Waals surface area contributed by atoms with Gasteiger partial charge in [-0.3, -0.25) is 10.4 Å². The zero-order chi connectivity index (χ0) is 15.9. The maximum absolute atomic E-state index is 12.0. The Kier molecular flexibility index (Phi) is 3.36. The van der Waals surface area contributed by atoms with Crippen molar-refractivity contribution in [2.75, 3.05) is 0 Å². The summed E-state index contributed by atoms with van der Waals surface area (Å²) >= 11 is 2.69. The minimum Gasteiger partial charge on any atom is -0.301 e. The summed E-state index contributed by atoms with van der Waals surface area (Å²) in [5, 5.41) is 9.29. The molecule has 2 heterocycles. The zero-order valence-electron chi connectivity index (χ0n) is 11.9. The molecule has 6 heteroatoms. The summed E-state index contributed by atoms with van der Waals surface area (Å²) in [5.74, 6) is 0. The Hall–Kier alpha value is -2.31. The molecule has 1 unspecified atom stereocenters. The van der Waals surface area contributed by atoms with Crippen molar-refractivity contribution in [3.05, 3.63) is 53.5 Å². The van der Waals surface area contributed by atoms with Crippen molar-refractivity contribution in [3.63, 3.8) is 0 Å². The molecule has 1 aliphatic rings. The molecule has 0 aliphatic carbocycles.